The van der Waals surface area contributed by atoms with Gasteiger partial charge in [0.1, 0.15) is 11.6 Å². The molecule has 0 amide bonds. The molecular weight excluding hydrogens is 212 g/mol. The molecule has 2 atom stereocenters. The van der Waals surface area contributed by atoms with Crippen molar-refractivity contribution in [3.8, 4) is 0 Å². The van der Waals surface area contributed by atoms with Crippen molar-refractivity contribution in [3.05, 3.63) is 35.4 Å². The Labute approximate surface area is 93.1 Å². The van der Waals surface area contributed by atoms with Gasteiger partial charge in [0, 0.05) is 18.5 Å². The number of nitrogens with two attached hydrogens (primary N) is 1. The lowest BCUT2D eigenvalue weighted by Gasteiger charge is -2.22. The lowest BCUT2D eigenvalue weighted by Crippen LogP contribution is -2.30. The van der Waals surface area contributed by atoms with Crippen LogP contribution in [0.15, 0.2) is 18.2 Å². The molecule has 0 heterocycles. The predicted octanol–water partition coefficient (Wildman–Crippen LogP) is 1.75. The van der Waals surface area contributed by atoms with E-state index in [1.807, 2.05) is 0 Å². The summed E-state index contributed by atoms with van der Waals surface area (Å²) >= 11 is 0. The molecule has 88 valence electrons. The number of rotatable bonds is 2. The van der Waals surface area contributed by atoms with E-state index in [2.05, 4.69) is 0 Å². The van der Waals surface area contributed by atoms with Crippen molar-refractivity contribution in [2.75, 3.05) is 0 Å². The fraction of sp³-hybridized carbons (Fsp3) is 0.500. The molecule has 1 aromatic carbocycles. The van der Waals surface area contributed by atoms with Crippen LogP contribution < -0.4 is 5.73 Å². The molecule has 16 heavy (non-hydrogen) atoms. The van der Waals surface area contributed by atoms with E-state index in [4.69, 9.17) is 5.73 Å². The number of aliphatic hydroxyl groups is 1. The van der Waals surface area contributed by atoms with Gasteiger partial charge in [-0.1, -0.05) is 0 Å². The third-order valence-corrected chi connectivity index (χ3v) is 3.08. The Morgan fingerprint density at radius 2 is 1.94 bits per heavy atom. The summed E-state index contributed by atoms with van der Waals surface area (Å²) in [5, 5.41) is 10.2. The third kappa shape index (κ3) is 2.57. The van der Waals surface area contributed by atoms with Crippen molar-refractivity contribution < 1.29 is 13.9 Å². The molecule has 4 heteroatoms. The summed E-state index contributed by atoms with van der Waals surface area (Å²) in [6.45, 7) is 0. The molecule has 1 fully saturated rings. The number of hydrogen-bond acceptors (Lipinski definition) is 2. The molecule has 1 saturated carbocycles. The molecule has 0 saturated heterocycles. The van der Waals surface area contributed by atoms with Gasteiger partial charge in [-0.05, 0) is 37.0 Å². The predicted molar refractivity (Wildman–Crippen MR) is 56.8 cm³/mol. The number of hydrogen-bond donors (Lipinski definition) is 2. The summed E-state index contributed by atoms with van der Waals surface area (Å²) in [6.07, 6.45) is 2.10. The van der Waals surface area contributed by atoms with Gasteiger partial charge in [-0.25, -0.2) is 8.78 Å². The highest BCUT2D eigenvalue weighted by Crippen LogP contribution is 2.32. The topological polar surface area (TPSA) is 46.2 Å². The van der Waals surface area contributed by atoms with Gasteiger partial charge in [0.15, 0.2) is 0 Å². The monoisotopic (exact) mass is 227 g/mol. The largest absolute Gasteiger partial charge is 0.389 e. The minimum atomic E-state index is -0.903. The van der Waals surface area contributed by atoms with Crippen LogP contribution in [0.5, 0.6) is 0 Å². The highest BCUT2D eigenvalue weighted by molar-refractivity contribution is 5.20. The van der Waals surface area contributed by atoms with Gasteiger partial charge in [-0.15, -0.1) is 0 Å². The van der Waals surface area contributed by atoms with Gasteiger partial charge in [0.2, 0.25) is 0 Å². The standard InChI is InChI=1S/C12H15F2NO/c13-9-3-8(4-10(14)5-9)6-12(16)2-1-11(15)7-12/h3-5,11,16H,1-2,6-7,15H2. The van der Waals surface area contributed by atoms with Crippen LogP contribution in [0.4, 0.5) is 8.78 Å². The van der Waals surface area contributed by atoms with Crippen molar-refractivity contribution in [3.63, 3.8) is 0 Å². The molecule has 0 spiro atoms. The smallest absolute Gasteiger partial charge is 0.126 e. The van der Waals surface area contributed by atoms with Gasteiger partial charge in [0.25, 0.3) is 0 Å². The highest BCUT2D eigenvalue weighted by atomic mass is 19.1. The lowest BCUT2D eigenvalue weighted by atomic mass is 9.93. The van der Waals surface area contributed by atoms with Crippen molar-refractivity contribution >= 4 is 0 Å². The first-order chi connectivity index (χ1) is 7.47. The zero-order chi connectivity index (χ0) is 11.8. The van der Waals surface area contributed by atoms with E-state index >= 15 is 0 Å². The Morgan fingerprint density at radius 1 is 1.31 bits per heavy atom. The summed E-state index contributed by atoms with van der Waals surface area (Å²) in [5.41, 5.74) is 5.29. The molecule has 1 aromatic rings. The minimum absolute atomic E-state index is 0.0107. The lowest BCUT2D eigenvalue weighted by molar-refractivity contribution is 0.0467. The number of halogens is 2. The van der Waals surface area contributed by atoms with Gasteiger partial charge in [-0.3, -0.25) is 0 Å². The summed E-state index contributed by atoms with van der Waals surface area (Å²) in [5.74, 6) is -1.22. The van der Waals surface area contributed by atoms with Crippen LogP contribution in [0.3, 0.4) is 0 Å². The summed E-state index contributed by atoms with van der Waals surface area (Å²) in [6, 6.07) is 3.33. The molecule has 2 nitrogen and oxygen atoms in total. The molecular formula is C12H15F2NO. The van der Waals surface area contributed by atoms with E-state index in [0.717, 1.165) is 12.5 Å². The maximum Gasteiger partial charge on any atom is 0.126 e. The molecule has 3 N–H and O–H groups in total. The zero-order valence-corrected chi connectivity index (χ0v) is 8.92. The third-order valence-electron chi connectivity index (χ3n) is 3.08. The van der Waals surface area contributed by atoms with Crippen molar-refractivity contribution in [1.29, 1.82) is 0 Å². The fourth-order valence-corrected chi connectivity index (χ4v) is 2.40. The summed E-state index contributed by atoms with van der Waals surface area (Å²) < 4.78 is 25.9. The molecule has 0 aromatic heterocycles. The quantitative estimate of drug-likeness (QED) is 0.808. The van der Waals surface area contributed by atoms with E-state index < -0.39 is 17.2 Å². The van der Waals surface area contributed by atoms with Crippen LogP contribution in [0.25, 0.3) is 0 Å². The van der Waals surface area contributed by atoms with Gasteiger partial charge < -0.3 is 10.8 Å². The maximum atomic E-state index is 13.0. The van der Waals surface area contributed by atoms with Crippen LogP contribution in [0.2, 0.25) is 0 Å². The summed E-state index contributed by atoms with van der Waals surface area (Å²) in [7, 11) is 0. The second kappa shape index (κ2) is 4.11. The molecule has 2 unspecified atom stereocenters. The van der Waals surface area contributed by atoms with E-state index in [9.17, 15) is 13.9 Å². The molecule has 0 radical (unpaired) electrons. The normalized spacial score (nSPS) is 29.6. The van der Waals surface area contributed by atoms with Crippen LogP contribution in [0, 0.1) is 11.6 Å². The van der Waals surface area contributed by atoms with E-state index in [-0.39, 0.29) is 12.5 Å². The highest BCUT2D eigenvalue weighted by Gasteiger charge is 2.35. The average Bonchev–Trinajstić information content (AvgIpc) is 2.43. The van der Waals surface area contributed by atoms with Crippen molar-refractivity contribution in [2.45, 2.75) is 37.3 Å². The second-order valence-electron chi connectivity index (χ2n) is 4.68. The molecule has 2 rings (SSSR count). The minimum Gasteiger partial charge on any atom is -0.389 e. The SMILES string of the molecule is NC1CCC(O)(Cc2cc(F)cc(F)c2)C1. The second-order valence-corrected chi connectivity index (χ2v) is 4.68. The Hall–Kier alpha value is -1.00. The Bertz CT molecular complexity index is 376. The van der Waals surface area contributed by atoms with Crippen molar-refractivity contribution in [2.24, 2.45) is 5.73 Å². The van der Waals surface area contributed by atoms with Gasteiger partial charge >= 0.3 is 0 Å². The van der Waals surface area contributed by atoms with E-state index in [1.165, 1.54) is 12.1 Å². The zero-order valence-electron chi connectivity index (χ0n) is 8.92. The van der Waals surface area contributed by atoms with E-state index in [1.54, 1.807) is 0 Å². The van der Waals surface area contributed by atoms with Crippen molar-refractivity contribution in [1.82, 2.24) is 0 Å². The average molecular weight is 227 g/mol. The molecule has 0 aliphatic heterocycles. The Balaban J connectivity index is 2.14. The summed E-state index contributed by atoms with van der Waals surface area (Å²) in [4.78, 5) is 0. The van der Waals surface area contributed by atoms with Crippen LogP contribution in [-0.2, 0) is 6.42 Å². The van der Waals surface area contributed by atoms with Gasteiger partial charge in [0.05, 0.1) is 5.60 Å². The van der Waals surface area contributed by atoms with Crippen LogP contribution in [0.1, 0.15) is 24.8 Å². The van der Waals surface area contributed by atoms with Gasteiger partial charge in [-0.2, -0.15) is 0 Å². The molecule has 1 aliphatic rings. The molecule has 0 bridgehead atoms. The maximum absolute atomic E-state index is 13.0. The molecule has 1 aliphatic carbocycles. The fourth-order valence-electron chi connectivity index (χ4n) is 2.40. The Morgan fingerprint density at radius 3 is 2.44 bits per heavy atom. The first-order valence-electron chi connectivity index (χ1n) is 5.40. The first kappa shape index (κ1) is 11.5. The van der Waals surface area contributed by atoms with Crippen LogP contribution in [-0.4, -0.2) is 16.7 Å². The Kier molecular flexibility index (Phi) is 2.95. The first-order valence-corrected chi connectivity index (χ1v) is 5.40. The number of benzene rings is 1. The van der Waals surface area contributed by atoms with Crippen LogP contribution >= 0.6 is 0 Å². The van der Waals surface area contributed by atoms with E-state index in [0.29, 0.717) is 18.4 Å².